The summed E-state index contributed by atoms with van der Waals surface area (Å²) >= 11 is 5.70. The summed E-state index contributed by atoms with van der Waals surface area (Å²) in [4.78, 5) is 15.9. The number of pyridine rings is 1. The normalized spacial score (nSPS) is 11.6. The lowest BCUT2D eigenvalue weighted by atomic mass is 10.3. The predicted octanol–water partition coefficient (Wildman–Crippen LogP) is 3.44. The van der Waals surface area contributed by atoms with Crippen LogP contribution in [-0.4, -0.2) is 30.2 Å². The predicted molar refractivity (Wildman–Crippen MR) is 101 cm³/mol. The van der Waals surface area contributed by atoms with Crippen molar-refractivity contribution in [2.75, 3.05) is 11.9 Å². The summed E-state index contributed by atoms with van der Waals surface area (Å²) < 4.78 is 58.7. The van der Waals surface area contributed by atoms with Crippen LogP contribution in [0.5, 0.6) is 0 Å². The van der Waals surface area contributed by atoms with E-state index in [1.54, 1.807) is 12.1 Å². The standard InChI is InChI=1S/C18H14ClF2N3O4S/c19-17-6-4-14(9-22-17)29(26,27)24(10-13-2-1-7-28-13)11-18(25)23-16-5-3-12(20)8-15(16)21/h1-9H,10-11H2,(H,23,25). The highest BCUT2D eigenvalue weighted by Crippen LogP contribution is 2.20. The molecule has 0 aliphatic rings. The number of hydrogen-bond acceptors (Lipinski definition) is 5. The molecule has 0 spiro atoms. The third-order valence-electron chi connectivity index (χ3n) is 3.78. The van der Waals surface area contributed by atoms with E-state index in [2.05, 4.69) is 10.3 Å². The zero-order chi connectivity index (χ0) is 21.0. The van der Waals surface area contributed by atoms with E-state index in [1.165, 1.54) is 18.4 Å². The topological polar surface area (TPSA) is 92.5 Å². The van der Waals surface area contributed by atoms with E-state index in [4.69, 9.17) is 16.0 Å². The highest BCUT2D eigenvalue weighted by Gasteiger charge is 2.28. The van der Waals surface area contributed by atoms with Crippen molar-refractivity contribution in [1.29, 1.82) is 0 Å². The van der Waals surface area contributed by atoms with E-state index in [0.717, 1.165) is 22.6 Å². The Morgan fingerprint density at radius 1 is 1.21 bits per heavy atom. The fourth-order valence-corrected chi connectivity index (χ4v) is 3.83. The molecule has 0 atom stereocenters. The van der Waals surface area contributed by atoms with Crippen LogP contribution in [0.15, 0.2) is 64.2 Å². The number of carbonyl (C=O) groups excluding carboxylic acids is 1. The first kappa shape index (κ1) is 20.9. The molecule has 7 nitrogen and oxygen atoms in total. The maximum Gasteiger partial charge on any atom is 0.245 e. The van der Waals surface area contributed by atoms with Crippen LogP contribution in [0.1, 0.15) is 5.76 Å². The smallest absolute Gasteiger partial charge is 0.245 e. The molecular formula is C18H14ClF2N3O4S. The van der Waals surface area contributed by atoms with Crippen molar-refractivity contribution in [3.8, 4) is 0 Å². The summed E-state index contributed by atoms with van der Waals surface area (Å²) in [5.74, 6) is -2.33. The van der Waals surface area contributed by atoms with Gasteiger partial charge in [0.1, 0.15) is 27.4 Å². The fourth-order valence-electron chi connectivity index (χ4n) is 2.41. The number of aromatic nitrogens is 1. The number of furan rings is 1. The molecule has 0 radical (unpaired) electrons. The molecule has 1 N–H and O–H groups in total. The van der Waals surface area contributed by atoms with Crippen molar-refractivity contribution in [3.63, 3.8) is 0 Å². The zero-order valence-corrected chi connectivity index (χ0v) is 16.3. The highest BCUT2D eigenvalue weighted by atomic mass is 35.5. The van der Waals surface area contributed by atoms with Gasteiger partial charge in [-0.1, -0.05) is 11.6 Å². The van der Waals surface area contributed by atoms with Crippen LogP contribution in [-0.2, 0) is 21.4 Å². The van der Waals surface area contributed by atoms with Crippen molar-refractivity contribution in [1.82, 2.24) is 9.29 Å². The van der Waals surface area contributed by atoms with Crippen LogP contribution >= 0.6 is 11.6 Å². The second-order valence-corrected chi connectivity index (χ2v) is 8.17. The van der Waals surface area contributed by atoms with Crippen molar-refractivity contribution >= 4 is 33.2 Å². The van der Waals surface area contributed by atoms with Gasteiger partial charge in [-0.2, -0.15) is 4.31 Å². The van der Waals surface area contributed by atoms with Crippen LogP contribution in [0.25, 0.3) is 0 Å². The molecule has 1 aromatic carbocycles. The van der Waals surface area contributed by atoms with Gasteiger partial charge in [-0.15, -0.1) is 0 Å². The fraction of sp³-hybridized carbons (Fsp3) is 0.111. The Balaban J connectivity index is 1.85. The number of nitrogens with one attached hydrogen (secondary N) is 1. The lowest BCUT2D eigenvalue weighted by molar-refractivity contribution is -0.116. The second kappa shape index (κ2) is 8.68. The number of sulfonamides is 1. The van der Waals surface area contributed by atoms with Crippen LogP contribution < -0.4 is 5.32 Å². The molecule has 0 saturated heterocycles. The number of carbonyl (C=O) groups is 1. The Labute approximate surface area is 170 Å². The number of benzene rings is 1. The van der Waals surface area contributed by atoms with Crippen molar-refractivity contribution < 1.29 is 26.4 Å². The minimum atomic E-state index is -4.16. The lowest BCUT2D eigenvalue weighted by Crippen LogP contribution is -2.37. The largest absolute Gasteiger partial charge is 0.468 e. The Morgan fingerprint density at radius 3 is 2.62 bits per heavy atom. The molecule has 2 heterocycles. The summed E-state index contributed by atoms with van der Waals surface area (Å²) in [5, 5.41) is 2.33. The van der Waals surface area contributed by atoms with Crippen molar-refractivity contribution in [3.05, 3.63) is 77.5 Å². The number of hydrogen-bond donors (Lipinski definition) is 1. The monoisotopic (exact) mass is 441 g/mol. The minimum absolute atomic E-state index is 0.103. The molecule has 2 aromatic heterocycles. The van der Waals surface area contributed by atoms with Gasteiger partial charge in [-0.3, -0.25) is 4.79 Å². The van der Waals surface area contributed by atoms with Gasteiger partial charge < -0.3 is 9.73 Å². The molecule has 0 unspecified atom stereocenters. The van der Waals surface area contributed by atoms with E-state index in [1.807, 2.05) is 0 Å². The van der Waals surface area contributed by atoms with Crippen molar-refractivity contribution in [2.24, 2.45) is 0 Å². The van der Waals surface area contributed by atoms with Crippen LogP contribution in [0.3, 0.4) is 0 Å². The zero-order valence-electron chi connectivity index (χ0n) is 14.7. The first-order valence-electron chi connectivity index (χ1n) is 8.15. The van der Waals surface area contributed by atoms with Gasteiger partial charge in [0.15, 0.2) is 0 Å². The van der Waals surface area contributed by atoms with Crippen molar-refractivity contribution in [2.45, 2.75) is 11.4 Å². The summed E-state index contributed by atoms with van der Waals surface area (Å²) in [6.07, 6.45) is 2.42. The molecule has 152 valence electrons. The average Bonchev–Trinajstić information content (AvgIpc) is 3.17. The van der Waals surface area contributed by atoms with E-state index in [-0.39, 0.29) is 28.0 Å². The van der Waals surface area contributed by atoms with Gasteiger partial charge in [0, 0.05) is 12.3 Å². The molecule has 0 saturated carbocycles. The third-order valence-corrected chi connectivity index (χ3v) is 5.77. The van der Waals surface area contributed by atoms with Gasteiger partial charge in [0.25, 0.3) is 0 Å². The highest BCUT2D eigenvalue weighted by molar-refractivity contribution is 7.89. The quantitative estimate of drug-likeness (QED) is 0.567. The number of rotatable bonds is 7. The molecule has 0 aliphatic carbocycles. The molecule has 3 rings (SSSR count). The van der Waals surface area contributed by atoms with E-state index in [0.29, 0.717) is 6.07 Å². The molecule has 0 fully saturated rings. The first-order valence-corrected chi connectivity index (χ1v) is 9.96. The van der Waals surface area contributed by atoms with Crippen LogP contribution in [0.2, 0.25) is 5.15 Å². The molecule has 0 aliphatic heterocycles. The average molecular weight is 442 g/mol. The lowest BCUT2D eigenvalue weighted by Gasteiger charge is -2.21. The van der Waals surface area contributed by atoms with Gasteiger partial charge in [0.05, 0.1) is 25.0 Å². The van der Waals surface area contributed by atoms with Crippen LogP contribution in [0, 0.1) is 11.6 Å². The third kappa shape index (κ3) is 5.17. The van der Waals surface area contributed by atoms with E-state index in [9.17, 15) is 22.0 Å². The van der Waals surface area contributed by atoms with E-state index >= 15 is 0 Å². The first-order chi connectivity index (χ1) is 13.8. The molecular weight excluding hydrogens is 428 g/mol. The Bertz CT molecular complexity index is 1110. The Kier molecular flexibility index (Phi) is 6.26. The Morgan fingerprint density at radius 2 is 2.00 bits per heavy atom. The van der Waals surface area contributed by atoms with Gasteiger partial charge in [0.2, 0.25) is 15.9 Å². The molecule has 1 amide bonds. The second-order valence-electron chi connectivity index (χ2n) is 5.84. The summed E-state index contributed by atoms with van der Waals surface area (Å²) in [7, 11) is -4.16. The number of amides is 1. The minimum Gasteiger partial charge on any atom is -0.468 e. The molecule has 11 heteroatoms. The number of nitrogens with zero attached hydrogens (tertiary/aromatic N) is 2. The van der Waals surface area contributed by atoms with Crippen LogP contribution in [0.4, 0.5) is 14.5 Å². The maximum atomic E-state index is 13.8. The van der Waals surface area contributed by atoms with Gasteiger partial charge in [-0.25, -0.2) is 22.2 Å². The van der Waals surface area contributed by atoms with Gasteiger partial charge >= 0.3 is 0 Å². The summed E-state index contributed by atoms with van der Waals surface area (Å²) in [6, 6.07) is 8.27. The molecule has 29 heavy (non-hydrogen) atoms. The summed E-state index contributed by atoms with van der Waals surface area (Å²) in [5.41, 5.74) is -0.278. The Hall–Kier alpha value is -2.82. The van der Waals surface area contributed by atoms with Gasteiger partial charge in [-0.05, 0) is 36.4 Å². The molecule has 3 aromatic rings. The summed E-state index contributed by atoms with van der Waals surface area (Å²) in [6.45, 7) is -0.903. The van der Waals surface area contributed by atoms with E-state index < -0.39 is 34.1 Å². The maximum absolute atomic E-state index is 13.8. The number of halogens is 3. The SMILES string of the molecule is O=C(CN(Cc1ccco1)S(=O)(=O)c1ccc(Cl)nc1)Nc1ccc(F)cc1F. The molecule has 0 bridgehead atoms. The number of anilines is 1.